The average molecular weight is 455 g/mol. The molecule has 1 atom stereocenters. The summed E-state index contributed by atoms with van der Waals surface area (Å²) in [5.74, 6) is -2.30. The average Bonchev–Trinajstić information content (AvgIpc) is 2.77. The summed E-state index contributed by atoms with van der Waals surface area (Å²) < 4.78 is 5.05. The Morgan fingerprint density at radius 3 is 2.27 bits per heavy atom. The third-order valence-electron chi connectivity index (χ3n) is 4.73. The number of nitrogens with two attached hydrogens (primary N) is 1. The molecule has 0 radical (unpaired) electrons. The van der Waals surface area contributed by atoms with Crippen LogP contribution in [-0.2, 0) is 27.4 Å². The number of phenolic OH excluding ortho intramolecular Hbond substituents is 1. The second-order valence-electron chi connectivity index (χ2n) is 7.19. The van der Waals surface area contributed by atoms with Crippen molar-refractivity contribution in [3.05, 3.63) is 64.7 Å². The number of ketones is 2. The maximum atomic E-state index is 12.2. The molecule has 1 unspecified atom stereocenters. The van der Waals surface area contributed by atoms with Crippen molar-refractivity contribution in [1.82, 2.24) is 0 Å². The first-order valence-corrected chi connectivity index (χ1v) is 9.87. The third-order valence-corrected chi connectivity index (χ3v) is 4.73. The highest BCUT2D eigenvalue weighted by Gasteiger charge is 2.16. The predicted octanol–water partition coefficient (Wildman–Crippen LogP) is 1.81. The number of aliphatic hydroxyl groups is 1. The monoisotopic (exact) mass is 455 g/mol. The second-order valence-corrected chi connectivity index (χ2v) is 7.19. The molecular weight excluding hydrogens is 430 g/mol. The van der Waals surface area contributed by atoms with E-state index in [1.54, 1.807) is 6.07 Å². The molecule has 0 heterocycles. The Kier molecular flexibility index (Phi) is 8.90. The zero-order valence-corrected chi connectivity index (χ0v) is 17.9. The molecule has 0 saturated carbocycles. The number of allylic oxidation sites excluding steroid dienone is 2. The van der Waals surface area contributed by atoms with Crippen molar-refractivity contribution < 1.29 is 39.5 Å². The van der Waals surface area contributed by atoms with Gasteiger partial charge in [0, 0.05) is 5.56 Å². The van der Waals surface area contributed by atoms with Crippen molar-refractivity contribution in [1.29, 1.82) is 0 Å². The number of hydrogen-bond donors (Lipinski definition) is 5. The molecule has 2 aromatic rings. The van der Waals surface area contributed by atoms with Crippen LogP contribution in [0.25, 0.3) is 12.2 Å². The van der Waals surface area contributed by atoms with E-state index in [4.69, 9.17) is 15.6 Å². The van der Waals surface area contributed by atoms with Gasteiger partial charge in [-0.25, -0.2) is 0 Å². The fraction of sp³-hybridized carbons (Fsp3) is 0.208. The fourth-order valence-electron chi connectivity index (χ4n) is 2.94. The molecule has 0 fully saturated rings. The lowest BCUT2D eigenvalue weighted by Crippen LogP contribution is -2.32. The molecule has 9 nitrogen and oxygen atoms in total. The van der Waals surface area contributed by atoms with E-state index in [9.17, 15) is 29.7 Å². The van der Waals surface area contributed by atoms with Gasteiger partial charge in [0.05, 0.1) is 20.1 Å². The number of methoxy groups -OCH3 is 1. The molecule has 0 aliphatic carbocycles. The van der Waals surface area contributed by atoms with E-state index in [1.807, 2.05) is 0 Å². The number of hydrogen-bond acceptors (Lipinski definition) is 8. The van der Waals surface area contributed by atoms with Gasteiger partial charge in [0.2, 0.25) is 0 Å². The SMILES string of the molecule is COc1cc(/C=C/C(=O)CC(=O)/C=C/c2ccc(O)c(CO)c2)c(CC(N)C(=O)O)cc1O. The van der Waals surface area contributed by atoms with Gasteiger partial charge >= 0.3 is 5.97 Å². The number of carbonyl (C=O) groups is 3. The standard InChI is InChI=1S/C24H25NO8/c1-33-23-11-15(16(10-22(23)30)9-20(25)24(31)32)4-6-19(28)12-18(27)5-2-14-3-7-21(29)17(8-14)13-26/h2-8,10-11,20,26,29-30H,9,12-13,25H2,1H3,(H,31,32)/b5-2+,6-4+. The van der Waals surface area contributed by atoms with Crippen LogP contribution >= 0.6 is 0 Å². The van der Waals surface area contributed by atoms with Crippen molar-refractivity contribution in [2.24, 2.45) is 5.73 Å². The number of benzene rings is 2. The quantitative estimate of drug-likeness (QED) is 0.251. The highest BCUT2D eigenvalue weighted by atomic mass is 16.5. The van der Waals surface area contributed by atoms with E-state index < -0.39 is 30.0 Å². The molecule has 0 aromatic heterocycles. The van der Waals surface area contributed by atoms with Crippen LogP contribution in [0.15, 0.2) is 42.5 Å². The van der Waals surface area contributed by atoms with Crippen LogP contribution in [0, 0.1) is 0 Å². The molecule has 174 valence electrons. The normalized spacial score (nSPS) is 12.2. The van der Waals surface area contributed by atoms with Gasteiger partial charge < -0.3 is 30.9 Å². The minimum atomic E-state index is -1.21. The van der Waals surface area contributed by atoms with Crippen molar-refractivity contribution in [2.75, 3.05) is 7.11 Å². The maximum absolute atomic E-state index is 12.2. The minimum Gasteiger partial charge on any atom is -0.508 e. The van der Waals surface area contributed by atoms with Crippen molar-refractivity contribution in [2.45, 2.75) is 25.5 Å². The molecule has 6 N–H and O–H groups in total. The first-order chi connectivity index (χ1) is 15.6. The van der Waals surface area contributed by atoms with Crippen molar-refractivity contribution in [3.63, 3.8) is 0 Å². The number of rotatable bonds is 11. The molecule has 2 aromatic carbocycles. The summed E-state index contributed by atoms with van der Waals surface area (Å²) in [5.41, 5.74) is 7.28. The zero-order chi connectivity index (χ0) is 24.5. The zero-order valence-electron chi connectivity index (χ0n) is 17.9. The Morgan fingerprint density at radius 2 is 1.67 bits per heavy atom. The number of phenols is 2. The van der Waals surface area contributed by atoms with Gasteiger partial charge in [-0.2, -0.15) is 0 Å². The molecule has 0 spiro atoms. The van der Waals surface area contributed by atoms with E-state index in [-0.39, 0.29) is 30.3 Å². The van der Waals surface area contributed by atoms with Crippen LogP contribution in [-0.4, -0.2) is 51.1 Å². The second kappa shape index (κ2) is 11.6. The molecule has 2 rings (SSSR count). The van der Waals surface area contributed by atoms with Crippen LogP contribution in [0.4, 0.5) is 0 Å². The summed E-state index contributed by atoms with van der Waals surface area (Å²) in [4.78, 5) is 35.4. The summed E-state index contributed by atoms with van der Waals surface area (Å²) in [5, 5.41) is 37.8. The van der Waals surface area contributed by atoms with Gasteiger partial charge in [0.15, 0.2) is 23.1 Å². The minimum absolute atomic E-state index is 0.0594. The van der Waals surface area contributed by atoms with E-state index in [0.29, 0.717) is 22.3 Å². The molecule has 0 saturated heterocycles. The lowest BCUT2D eigenvalue weighted by molar-refractivity contribution is -0.138. The number of carboxylic acid groups (broad SMARTS) is 1. The number of carbonyl (C=O) groups excluding carboxylic acids is 2. The lowest BCUT2D eigenvalue weighted by Gasteiger charge is -2.13. The van der Waals surface area contributed by atoms with Gasteiger partial charge in [0.1, 0.15) is 11.8 Å². The number of aliphatic carboxylic acids is 1. The number of aromatic hydroxyl groups is 2. The Morgan fingerprint density at radius 1 is 1.00 bits per heavy atom. The van der Waals surface area contributed by atoms with Crippen LogP contribution in [0.2, 0.25) is 0 Å². The van der Waals surface area contributed by atoms with Gasteiger partial charge in [-0.3, -0.25) is 14.4 Å². The Labute approximate surface area is 190 Å². The summed E-state index contributed by atoms with van der Waals surface area (Å²) in [6.07, 6.45) is 4.77. The smallest absolute Gasteiger partial charge is 0.320 e. The van der Waals surface area contributed by atoms with Crippen LogP contribution < -0.4 is 10.5 Å². The Hall–Kier alpha value is -3.95. The molecule has 0 amide bonds. The Bertz CT molecular complexity index is 1100. The number of ether oxygens (including phenoxy) is 1. The van der Waals surface area contributed by atoms with Gasteiger partial charge in [-0.1, -0.05) is 18.2 Å². The van der Waals surface area contributed by atoms with Gasteiger partial charge in [-0.15, -0.1) is 0 Å². The summed E-state index contributed by atoms with van der Waals surface area (Å²) in [6.45, 7) is -0.355. The van der Waals surface area contributed by atoms with Crippen LogP contribution in [0.5, 0.6) is 17.2 Å². The van der Waals surface area contributed by atoms with E-state index in [1.165, 1.54) is 55.7 Å². The summed E-state index contributed by atoms with van der Waals surface area (Å²) in [6, 6.07) is 6.01. The van der Waals surface area contributed by atoms with Crippen molar-refractivity contribution in [3.8, 4) is 17.2 Å². The van der Waals surface area contributed by atoms with Gasteiger partial charge in [-0.05, 0) is 59.5 Å². The molecule has 33 heavy (non-hydrogen) atoms. The van der Waals surface area contributed by atoms with E-state index in [2.05, 4.69) is 0 Å². The van der Waals surface area contributed by atoms with E-state index >= 15 is 0 Å². The predicted molar refractivity (Wildman–Crippen MR) is 121 cm³/mol. The van der Waals surface area contributed by atoms with E-state index in [0.717, 1.165) is 0 Å². The summed E-state index contributed by atoms with van der Waals surface area (Å²) >= 11 is 0. The fourth-order valence-corrected chi connectivity index (χ4v) is 2.94. The first-order valence-electron chi connectivity index (χ1n) is 9.87. The number of aliphatic hydroxyl groups excluding tert-OH is 1. The molecule has 0 aliphatic rings. The molecule has 0 bridgehead atoms. The maximum Gasteiger partial charge on any atom is 0.320 e. The highest BCUT2D eigenvalue weighted by Crippen LogP contribution is 2.31. The first kappa shape index (κ1) is 25.3. The van der Waals surface area contributed by atoms with Crippen LogP contribution in [0.1, 0.15) is 28.7 Å². The topological polar surface area (TPSA) is 167 Å². The molecule has 0 aliphatic heterocycles. The molecule has 9 heteroatoms. The summed E-state index contributed by atoms with van der Waals surface area (Å²) in [7, 11) is 1.35. The van der Waals surface area contributed by atoms with Gasteiger partial charge in [0.25, 0.3) is 0 Å². The molecular formula is C24H25NO8. The Balaban J connectivity index is 2.12. The number of carboxylic acids is 1. The van der Waals surface area contributed by atoms with Crippen molar-refractivity contribution >= 4 is 29.7 Å². The third kappa shape index (κ3) is 7.30. The highest BCUT2D eigenvalue weighted by molar-refractivity contribution is 6.11. The lowest BCUT2D eigenvalue weighted by atomic mass is 9.98. The largest absolute Gasteiger partial charge is 0.508 e. The van der Waals surface area contributed by atoms with Crippen LogP contribution in [0.3, 0.4) is 0 Å².